The van der Waals surface area contributed by atoms with Crippen LogP contribution in [-0.4, -0.2) is 18.1 Å². The first-order valence-electron chi connectivity index (χ1n) is 8.83. The van der Waals surface area contributed by atoms with Crippen LogP contribution in [0.25, 0.3) is 6.08 Å². The molecule has 0 saturated carbocycles. The van der Waals surface area contributed by atoms with E-state index in [1.165, 1.54) is 49.7 Å². The second-order valence-corrected chi connectivity index (χ2v) is 6.83. The van der Waals surface area contributed by atoms with Gasteiger partial charge in [-0.3, -0.25) is 0 Å². The maximum absolute atomic E-state index is 11.6. The van der Waals surface area contributed by atoms with Crippen molar-refractivity contribution < 1.29 is 9.53 Å². The normalized spacial score (nSPS) is 18.8. The lowest BCUT2D eigenvalue weighted by Crippen LogP contribution is -2.12. The first-order chi connectivity index (χ1) is 11.8. The Bertz CT molecular complexity index is 783. The van der Waals surface area contributed by atoms with Crippen LogP contribution in [0.4, 0.5) is 0 Å². The predicted molar refractivity (Wildman–Crippen MR) is 95.3 cm³/mol. The highest BCUT2D eigenvalue weighted by Gasteiger charge is 2.27. The molecule has 1 heterocycles. The van der Waals surface area contributed by atoms with Crippen molar-refractivity contribution in [1.29, 1.82) is 0 Å². The Morgan fingerprint density at radius 3 is 2.83 bits per heavy atom. The summed E-state index contributed by atoms with van der Waals surface area (Å²) >= 11 is 0. The van der Waals surface area contributed by atoms with Crippen LogP contribution in [0.3, 0.4) is 0 Å². The smallest absolute Gasteiger partial charge is 0.337 e. The molecule has 24 heavy (non-hydrogen) atoms. The zero-order valence-electron chi connectivity index (χ0n) is 14.1. The van der Waals surface area contributed by atoms with Crippen LogP contribution in [-0.2, 0) is 24.0 Å². The number of H-pyrrole nitrogens is 1. The fraction of sp³-hybridized carbons (Fsp3) is 0.381. The van der Waals surface area contributed by atoms with Gasteiger partial charge in [0, 0.05) is 17.3 Å². The van der Waals surface area contributed by atoms with Crippen molar-refractivity contribution in [2.45, 2.75) is 44.4 Å². The van der Waals surface area contributed by atoms with E-state index < -0.39 is 0 Å². The maximum atomic E-state index is 11.6. The van der Waals surface area contributed by atoms with Crippen LogP contribution in [0.1, 0.15) is 63.6 Å². The number of carbonyl (C=O) groups is 1. The molecule has 1 atom stereocenters. The Hall–Kier alpha value is -2.29. The molecule has 1 aromatic heterocycles. The second-order valence-electron chi connectivity index (χ2n) is 6.83. The van der Waals surface area contributed by atoms with E-state index in [9.17, 15) is 4.79 Å². The third-order valence-corrected chi connectivity index (χ3v) is 5.37. The summed E-state index contributed by atoms with van der Waals surface area (Å²) in [5, 5.41) is 0. The van der Waals surface area contributed by atoms with Crippen LogP contribution in [0.2, 0.25) is 0 Å². The quantitative estimate of drug-likeness (QED) is 0.850. The number of methoxy groups -OCH3 is 1. The zero-order chi connectivity index (χ0) is 16.5. The monoisotopic (exact) mass is 321 g/mol. The van der Waals surface area contributed by atoms with Gasteiger partial charge in [-0.1, -0.05) is 18.2 Å². The molecule has 1 unspecified atom stereocenters. The SMILES string of the molecule is COC(=O)c1ccc(CC2CCCc3c2[nH]c2c3CCC=C2)cc1. The van der Waals surface area contributed by atoms with E-state index in [-0.39, 0.29) is 5.97 Å². The van der Waals surface area contributed by atoms with Gasteiger partial charge in [-0.05, 0) is 73.4 Å². The highest BCUT2D eigenvalue weighted by atomic mass is 16.5. The Morgan fingerprint density at radius 1 is 1.21 bits per heavy atom. The summed E-state index contributed by atoms with van der Waals surface area (Å²) < 4.78 is 4.77. The average molecular weight is 321 g/mol. The number of rotatable bonds is 3. The number of nitrogens with one attached hydrogen (secondary N) is 1. The van der Waals surface area contributed by atoms with Gasteiger partial charge in [0.15, 0.2) is 0 Å². The Balaban J connectivity index is 1.57. The lowest BCUT2D eigenvalue weighted by molar-refractivity contribution is 0.0600. The Labute approximate surface area is 142 Å². The molecule has 2 aliphatic rings. The van der Waals surface area contributed by atoms with Crippen LogP contribution in [0.15, 0.2) is 30.3 Å². The van der Waals surface area contributed by atoms with Crippen molar-refractivity contribution in [3.8, 4) is 0 Å². The van der Waals surface area contributed by atoms with Gasteiger partial charge in [0.2, 0.25) is 0 Å². The van der Waals surface area contributed by atoms with Gasteiger partial charge in [-0.2, -0.15) is 0 Å². The molecule has 2 aromatic rings. The van der Waals surface area contributed by atoms with Gasteiger partial charge in [0.25, 0.3) is 0 Å². The van der Waals surface area contributed by atoms with Crippen LogP contribution in [0.5, 0.6) is 0 Å². The lowest BCUT2D eigenvalue weighted by atomic mass is 9.82. The Kier molecular flexibility index (Phi) is 4.01. The summed E-state index contributed by atoms with van der Waals surface area (Å²) in [5.41, 5.74) is 7.82. The van der Waals surface area contributed by atoms with E-state index in [0.717, 1.165) is 12.8 Å². The number of hydrogen-bond acceptors (Lipinski definition) is 2. The molecular formula is C21H23NO2. The minimum absolute atomic E-state index is 0.273. The standard InChI is InChI=1S/C21H23NO2/c1-24-21(23)15-11-9-14(10-12-15)13-16-5-4-7-18-17-6-2-3-8-19(17)22-20(16)18/h3,8-12,16,22H,2,4-7,13H2,1H3. The molecule has 2 aliphatic carbocycles. The molecule has 1 N–H and O–H groups in total. The molecule has 0 bridgehead atoms. The fourth-order valence-electron chi connectivity index (χ4n) is 4.16. The van der Waals surface area contributed by atoms with Crippen molar-refractivity contribution in [2.75, 3.05) is 7.11 Å². The number of allylic oxidation sites excluding steroid dienone is 1. The van der Waals surface area contributed by atoms with E-state index in [2.05, 4.69) is 29.3 Å². The third-order valence-electron chi connectivity index (χ3n) is 5.37. The molecule has 124 valence electrons. The highest BCUT2D eigenvalue weighted by Crippen LogP contribution is 2.38. The van der Waals surface area contributed by atoms with Crippen LogP contribution >= 0.6 is 0 Å². The lowest BCUT2D eigenvalue weighted by Gasteiger charge is -2.23. The molecule has 0 spiro atoms. The van der Waals surface area contributed by atoms with Crippen molar-refractivity contribution in [2.24, 2.45) is 0 Å². The van der Waals surface area contributed by atoms with Crippen molar-refractivity contribution in [3.63, 3.8) is 0 Å². The van der Waals surface area contributed by atoms with Gasteiger partial charge in [-0.15, -0.1) is 0 Å². The van der Waals surface area contributed by atoms with Gasteiger partial charge in [-0.25, -0.2) is 4.79 Å². The summed E-state index contributed by atoms with van der Waals surface area (Å²) in [7, 11) is 1.42. The van der Waals surface area contributed by atoms with Gasteiger partial charge in [0.05, 0.1) is 12.7 Å². The number of fused-ring (bicyclic) bond motifs is 3. The number of esters is 1. The highest BCUT2D eigenvalue weighted by molar-refractivity contribution is 5.89. The predicted octanol–water partition coefficient (Wildman–Crippen LogP) is 4.42. The summed E-state index contributed by atoms with van der Waals surface area (Å²) in [6, 6.07) is 7.85. The molecule has 0 amide bonds. The van der Waals surface area contributed by atoms with Crippen molar-refractivity contribution in [1.82, 2.24) is 4.98 Å². The van der Waals surface area contributed by atoms with Crippen molar-refractivity contribution in [3.05, 3.63) is 64.0 Å². The zero-order valence-corrected chi connectivity index (χ0v) is 14.1. The Morgan fingerprint density at radius 2 is 2.04 bits per heavy atom. The first-order valence-corrected chi connectivity index (χ1v) is 8.83. The van der Waals surface area contributed by atoms with Crippen LogP contribution in [0, 0.1) is 0 Å². The fourth-order valence-corrected chi connectivity index (χ4v) is 4.16. The summed E-state index contributed by atoms with van der Waals surface area (Å²) in [4.78, 5) is 15.3. The average Bonchev–Trinajstić information content (AvgIpc) is 3.02. The molecule has 3 heteroatoms. The second kappa shape index (κ2) is 6.31. The number of benzene rings is 1. The number of carbonyl (C=O) groups excluding carboxylic acids is 1. The largest absolute Gasteiger partial charge is 0.465 e. The maximum Gasteiger partial charge on any atom is 0.337 e. The number of aromatic amines is 1. The molecule has 0 fully saturated rings. The number of aromatic nitrogens is 1. The van der Waals surface area contributed by atoms with Gasteiger partial charge < -0.3 is 9.72 Å². The van der Waals surface area contributed by atoms with Gasteiger partial charge >= 0.3 is 5.97 Å². The van der Waals surface area contributed by atoms with E-state index in [4.69, 9.17) is 4.74 Å². The summed E-state index contributed by atoms with van der Waals surface area (Å²) in [6.45, 7) is 0. The minimum atomic E-state index is -0.273. The molecule has 4 rings (SSSR count). The number of hydrogen-bond donors (Lipinski definition) is 1. The summed E-state index contributed by atoms with van der Waals surface area (Å²) in [6.07, 6.45) is 11.6. The molecule has 1 aromatic carbocycles. The topological polar surface area (TPSA) is 42.1 Å². The molecular weight excluding hydrogens is 298 g/mol. The van der Waals surface area contributed by atoms with Crippen LogP contribution < -0.4 is 0 Å². The molecule has 0 aliphatic heterocycles. The van der Waals surface area contributed by atoms with Crippen molar-refractivity contribution >= 4 is 12.0 Å². The third kappa shape index (κ3) is 2.68. The number of ether oxygens (including phenoxy) is 1. The van der Waals surface area contributed by atoms with E-state index in [0.29, 0.717) is 11.5 Å². The molecule has 0 saturated heterocycles. The summed E-state index contributed by atoms with van der Waals surface area (Å²) in [5.74, 6) is 0.280. The van der Waals surface area contributed by atoms with E-state index >= 15 is 0 Å². The molecule has 0 radical (unpaired) electrons. The van der Waals surface area contributed by atoms with E-state index in [1.807, 2.05) is 12.1 Å². The van der Waals surface area contributed by atoms with Gasteiger partial charge in [0.1, 0.15) is 0 Å². The minimum Gasteiger partial charge on any atom is -0.465 e. The molecule has 3 nitrogen and oxygen atoms in total. The first kappa shape index (κ1) is 15.3. The van der Waals surface area contributed by atoms with E-state index in [1.54, 1.807) is 11.1 Å².